The number of hydrazine groups is 1. The van der Waals surface area contributed by atoms with Gasteiger partial charge in [-0.25, -0.2) is 12.8 Å². The lowest BCUT2D eigenvalue weighted by Gasteiger charge is -2.28. The number of anilines is 1. The van der Waals surface area contributed by atoms with Crippen molar-refractivity contribution < 1.29 is 35.9 Å². The summed E-state index contributed by atoms with van der Waals surface area (Å²) >= 11 is 0. The first kappa shape index (κ1) is 27.3. The molecule has 0 saturated heterocycles. The highest BCUT2D eigenvalue weighted by Gasteiger charge is 2.61. The minimum Gasteiger partial charge on any atom is -0.372 e. The topological polar surface area (TPSA) is 113 Å². The van der Waals surface area contributed by atoms with Crippen molar-refractivity contribution in [3.05, 3.63) is 90.0 Å². The minimum absolute atomic E-state index is 0.0210. The monoisotopic (exact) mass is 574 g/mol. The van der Waals surface area contributed by atoms with Crippen molar-refractivity contribution in [1.29, 1.82) is 0 Å². The Morgan fingerprint density at radius 2 is 1.73 bits per heavy atom. The molecule has 1 aromatic heterocycles. The van der Waals surface area contributed by atoms with Crippen LogP contribution in [-0.4, -0.2) is 41.6 Å². The van der Waals surface area contributed by atoms with Crippen LogP contribution in [0.2, 0.25) is 0 Å². The zero-order chi connectivity index (χ0) is 29.0. The molecular formula is C27H22F4N4O4S. The maximum atomic E-state index is 14.7. The number of carbonyl (C=O) groups excluding carboxylic acids is 1. The molecule has 1 aliphatic rings. The molecule has 8 nitrogen and oxygen atoms in total. The van der Waals surface area contributed by atoms with Crippen molar-refractivity contribution in [2.24, 2.45) is 0 Å². The number of benzene rings is 3. The Balaban J connectivity index is 1.43. The molecule has 4 aromatic rings. The lowest BCUT2D eigenvalue weighted by atomic mass is 9.89. The highest BCUT2D eigenvalue weighted by molar-refractivity contribution is 7.90. The summed E-state index contributed by atoms with van der Waals surface area (Å²) < 4.78 is 81.6. The van der Waals surface area contributed by atoms with Gasteiger partial charge in [0.15, 0.2) is 9.84 Å². The first-order valence-electron chi connectivity index (χ1n) is 11.9. The molecular weight excluding hydrogens is 552 g/mol. The van der Waals surface area contributed by atoms with Crippen LogP contribution in [0.25, 0.3) is 22.3 Å². The summed E-state index contributed by atoms with van der Waals surface area (Å²) in [5.74, 6) is -1.52. The van der Waals surface area contributed by atoms with Gasteiger partial charge in [-0.15, -0.1) is 0 Å². The maximum Gasteiger partial charge on any atom is 0.425 e. The smallest absolute Gasteiger partial charge is 0.372 e. The number of fused-ring (bicyclic) bond motifs is 3. The molecule has 40 heavy (non-hydrogen) atoms. The fourth-order valence-corrected chi connectivity index (χ4v) is 5.34. The summed E-state index contributed by atoms with van der Waals surface area (Å²) in [6.45, 7) is 1.52. The van der Waals surface area contributed by atoms with E-state index in [9.17, 15) is 35.9 Å². The van der Waals surface area contributed by atoms with Crippen LogP contribution in [0.4, 0.5) is 23.2 Å². The number of hydrogen-bond donors (Lipinski definition) is 3. The molecule has 0 saturated carbocycles. The zero-order valence-corrected chi connectivity index (χ0v) is 21.8. The van der Waals surface area contributed by atoms with E-state index in [1.165, 1.54) is 66.5 Å². The van der Waals surface area contributed by atoms with Crippen LogP contribution in [0.15, 0.2) is 78.0 Å². The molecule has 1 aliphatic carbocycles. The van der Waals surface area contributed by atoms with Crippen molar-refractivity contribution in [2.45, 2.75) is 29.6 Å². The summed E-state index contributed by atoms with van der Waals surface area (Å²) in [5, 5.41) is 15.1. The van der Waals surface area contributed by atoms with E-state index < -0.39 is 50.5 Å². The molecule has 3 aromatic carbocycles. The van der Waals surface area contributed by atoms with Gasteiger partial charge in [-0.1, -0.05) is 24.3 Å². The number of aromatic nitrogens is 2. The number of rotatable bonds is 6. The summed E-state index contributed by atoms with van der Waals surface area (Å²) in [6, 6.07) is 12.0. The Morgan fingerprint density at radius 1 is 1.05 bits per heavy atom. The minimum atomic E-state index is -5.12. The van der Waals surface area contributed by atoms with Gasteiger partial charge < -0.3 is 5.11 Å². The van der Waals surface area contributed by atoms with Crippen LogP contribution in [0.5, 0.6) is 0 Å². The van der Waals surface area contributed by atoms with Crippen LogP contribution in [0.1, 0.15) is 24.1 Å². The molecule has 0 bridgehead atoms. The number of nitrogens with zero attached hydrogens (tertiary/aromatic N) is 2. The average Bonchev–Trinajstić information content (AvgIpc) is 3.49. The molecule has 0 radical (unpaired) electrons. The molecule has 0 aliphatic heterocycles. The summed E-state index contributed by atoms with van der Waals surface area (Å²) in [7, 11) is -3.38. The Bertz CT molecular complexity index is 1740. The molecule has 208 valence electrons. The van der Waals surface area contributed by atoms with Crippen molar-refractivity contribution >= 4 is 21.4 Å². The van der Waals surface area contributed by atoms with E-state index in [-0.39, 0.29) is 27.1 Å². The van der Waals surface area contributed by atoms with E-state index in [0.717, 1.165) is 18.4 Å². The van der Waals surface area contributed by atoms with E-state index in [0.29, 0.717) is 11.8 Å². The third-order valence-corrected chi connectivity index (χ3v) is 7.92. The van der Waals surface area contributed by atoms with E-state index in [2.05, 4.69) is 16.0 Å². The van der Waals surface area contributed by atoms with Crippen molar-refractivity contribution in [1.82, 2.24) is 15.2 Å². The van der Waals surface area contributed by atoms with Crippen LogP contribution in [-0.2, 0) is 20.2 Å². The fourth-order valence-electron chi connectivity index (χ4n) is 4.71. The van der Waals surface area contributed by atoms with Gasteiger partial charge in [0.05, 0.1) is 16.8 Å². The standard InChI is InChI=1S/C27H22F4N4O4S/c1-15(25(36)34-33-18-7-9-19(10-8-18)40(2,38)39)35-14-16(13-32-35)21-11-17(28)12-23-24(21)20-5-3-4-6-22(20)26(23,37)27(29,30)31/h3-15,33,37H,1-2H3,(H,34,36). The third-order valence-electron chi connectivity index (χ3n) is 6.79. The predicted molar refractivity (Wildman–Crippen MR) is 138 cm³/mol. The van der Waals surface area contributed by atoms with Gasteiger partial charge in [-0.2, -0.15) is 18.3 Å². The highest BCUT2D eigenvalue weighted by atomic mass is 32.2. The second-order valence-electron chi connectivity index (χ2n) is 9.43. The van der Waals surface area contributed by atoms with Crippen LogP contribution < -0.4 is 10.9 Å². The number of hydrogen-bond acceptors (Lipinski definition) is 6. The Labute approximate surface area is 226 Å². The maximum absolute atomic E-state index is 14.7. The zero-order valence-electron chi connectivity index (χ0n) is 21.0. The van der Waals surface area contributed by atoms with Crippen LogP contribution in [0, 0.1) is 5.82 Å². The fraction of sp³-hybridized carbons (Fsp3) is 0.185. The molecule has 2 atom stereocenters. The first-order chi connectivity index (χ1) is 18.7. The second kappa shape index (κ2) is 9.45. The van der Waals surface area contributed by atoms with Gasteiger partial charge in [0.25, 0.3) is 5.91 Å². The number of halogens is 4. The summed E-state index contributed by atoms with van der Waals surface area (Å²) in [4.78, 5) is 12.9. The number of nitrogens with one attached hydrogen (secondary N) is 2. The predicted octanol–water partition coefficient (Wildman–Crippen LogP) is 4.58. The van der Waals surface area contributed by atoms with E-state index in [4.69, 9.17) is 0 Å². The SMILES string of the molecule is CC(C(=O)NNc1ccc(S(C)(=O)=O)cc1)n1cc(-c2cc(F)cc3c2-c2ccccc2C3(O)C(F)(F)F)cn1. The van der Waals surface area contributed by atoms with Gasteiger partial charge >= 0.3 is 6.18 Å². The number of amides is 1. The third kappa shape index (κ3) is 4.50. The molecule has 0 fully saturated rings. The van der Waals surface area contributed by atoms with E-state index in [1.54, 1.807) is 0 Å². The second-order valence-corrected chi connectivity index (χ2v) is 11.4. The van der Waals surface area contributed by atoms with Crippen molar-refractivity contribution in [3.8, 4) is 22.3 Å². The summed E-state index contributed by atoms with van der Waals surface area (Å²) in [6.07, 6.45) is -1.35. The number of sulfone groups is 1. The van der Waals surface area contributed by atoms with Gasteiger partial charge in [-0.05, 0) is 60.0 Å². The molecule has 3 N–H and O–H groups in total. The van der Waals surface area contributed by atoms with Crippen LogP contribution >= 0.6 is 0 Å². The number of alkyl halides is 3. The molecule has 1 heterocycles. The Hall–Kier alpha value is -4.23. The number of aliphatic hydroxyl groups is 1. The largest absolute Gasteiger partial charge is 0.425 e. The van der Waals surface area contributed by atoms with Crippen molar-refractivity contribution in [3.63, 3.8) is 0 Å². The molecule has 13 heteroatoms. The van der Waals surface area contributed by atoms with Gasteiger partial charge in [-0.3, -0.25) is 20.3 Å². The lowest BCUT2D eigenvalue weighted by molar-refractivity contribution is -0.246. The quantitative estimate of drug-likeness (QED) is 0.230. The Morgan fingerprint density at radius 3 is 2.38 bits per heavy atom. The molecule has 5 rings (SSSR count). The van der Waals surface area contributed by atoms with Gasteiger partial charge in [0, 0.05) is 29.1 Å². The molecule has 0 spiro atoms. The molecule has 2 unspecified atom stereocenters. The van der Waals surface area contributed by atoms with Crippen LogP contribution in [0.3, 0.4) is 0 Å². The average molecular weight is 575 g/mol. The lowest BCUT2D eigenvalue weighted by Crippen LogP contribution is -2.41. The van der Waals surface area contributed by atoms with Gasteiger partial charge in [0.1, 0.15) is 11.9 Å². The molecule has 1 amide bonds. The van der Waals surface area contributed by atoms with Crippen molar-refractivity contribution in [2.75, 3.05) is 11.7 Å². The normalized spacial score (nSPS) is 17.2. The van der Waals surface area contributed by atoms with E-state index in [1.807, 2.05) is 0 Å². The van der Waals surface area contributed by atoms with Gasteiger partial charge in [0.2, 0.25) is 5.60 Å². The highest BCUT2D eigenvalue weighted by Crippen LogP contribution is 2.57. The number of carbonyl (C=O) groups is 1. The van der Waals surface area contributed by atoms with E-state index >= 15 is 0 Å². The first-order valence-corrected chi connectivity index (χ1v) is 13.7. The Kier molecular flexibility index (Phi) is 6.46. The summed E-state index contributed by atoms with van der Waals surface area (Å²) in [5.41, 5.74) is 1.58.